The maximum absolute atomic E-state index is 13.1. The molecule has 1 aliphatic rings. The van der Waals surface area contributed by atoms with Gasteiger partial charge in [-0.05, 0) is 30.3 Å². The standard InChI is InChI=1S/C16H14ClFN2OS/c17-12-9-11(5-6-13(12)18)19-16(21)10-20-7-8-22-15-4-2-1-3-14(15)20/h1-6,9H,7-8,10H2,(H,19,21). The number of halogens is 2. The molecule has 0 radical (unpaired) electrons. The van der Waals surface area contributed by atoms with Crippen LogP contribution in [0.3, 0.4) is 0 Å². The molecule has 1 N–H and O–H groups in total. The third-order valence-electron chi connectivity index (χ3n) is 3.36. The van der Waals surface area contributed by atoms with E-state index < -0.39 is 5.82 Å². The van der Waals surface area contributed by atoms with Crippen molar-refractivity contribution in [2.75, 3.05) is 29.1 Å². The number of nitrogens with one attached hydrogen (secondary N) is 1. The fourth-order valence-corrected chi connectivity index (χ4v) is 3.57. The second-order valence-electron chi connectivity index (χ2n) is 4.91. The van der Waals surface area contributed by atoms with Gasteiger partial charge < -0.3 is 10.2 Å². The monoisotopic (exact) mass is 336 g/mol. The molecule has 1 aliphatic heterocycles. The van der Waals surface area contributed by atoms with Crippen LogP contribution in [0, 0.1) is 5.82 Å². The quantitative estimate of drug-likeness (QED) is 0.918. The topological polar surface area (TPSA) is 32.3 Å². The SMILES string of the molecule is O=C(CN1CCSc2ccccc21)Nc1ccc(F)c(Cl)c1. The zero-order valence-electron chi connectivity index (χ0n) is 11.7. The number of amides is 1. The number of thioether (sulfide) groups is 1. The summed E-state index contributed by atoms with van der Waals surface area (Å²) in [6.45, 7) is 1.08. The van der Waals surface area contributed by atoms with Gasteiger partial charge in [-0.25, -0.2) is 4.39 Å². The summed E-state index contributed by atoms with van der Waals surface area (Å²) >= 11 is 7.51. The highest BCUT2D eigenvalue weighted by Crippen LogP contribution is 2.34. The Kier molecular flexibility index (Phi) is 4.55. The highest BCUT2D eigenvalue weighted by Gasteiger charge is 2.19. The molecular formula is C16H14ClFN2OS. The van der Waals surface area contributed by atoms with Gasteiger partial charge in [-0.15, -0.1) is 11.8 Å². The molecule has 2 aromatic rings. The highest BCUT2D eigenvalue weighted by atomic mass is 35.5. The Morgan fingerprint density at radius 3 is 2.95 bits per heavy atom. The van der Waals surface area contributed by atoms with E-state index in [-0.39, 0.29) is 17.5 Å². The summed E-state index contributed by atoms with van der Waals surface area (Å²) in [5.74, 6) is 0.304. The minimum atomic E-state index is -0.498. The lowest BCUT2D eigenvalue weighted by Crippen LogP contribution is -2.36. The van der Waals surface area contributed by atoms with Crippen LogP contribution in [0.15, 0.2) is 47.4 Å². The summed E-state index contributed by atoms with van der Waals surface area (Å²) < 4.78 is 13.1. The number of fused-ring (bicyclic) bond motifs is 1. The average molecular weight is 337 g/mol. The Labute approximate surface area is 137 Å². The fraction of sp³-hybridized carbons (Fsp3) is 0.188. The van der Waals surface area contributed by atoms with E-state index in [2.05, 4.69) is 11.4 Å². The molecule has 1 heterocycles. The van der Waals surface area contributed by atoms with E-state index in [1.165, 1.54) is 23.1 Å². The molecule has 0 saturated carbocycles. The Hall–Kier alpha value is -1.72. The molecule has 2 aromatic carbocycles. The predicted octanol–water partition coefficient (Wildman–Crippen LogP) is 4.03. The van der Waals surface area contributed by atoms with Crippen LogP contribution in [0.2, 0.25) is 5.02 Å². The van der Waals surface area contributed by atoms with Crippen LogP contribution < -0.4 is 10.2 Å². The summed E-state index contributed by atoms with van der Waals surface area (Å²) in [5.41, 5.74) is 1.57. The van der Waals surface area contributed by atoms with Gasteiger partial charge in [0.1, 0.15) is 5.82 Å². The predicted molar refractivity (Wildman–Crippen MR) is 89.4 cm³/mol. The smallest absolute Gasteiger partial charge is 0.243 e. The van der Waals surface area contributed by atoms with Gasteiger partial charge >= 0.3 is 0 Å². The molecule has 0 fully saturated rings. The second-order valence-corrected chi connectivity index (χ2v) is 6.46. The summed E-state index contributed by atoms with van der Waals surface area (Å²) in [6, 6.07) is 12.2. The third-order valence-corrected chi connectivity index (χ3v) is 4.70. The number of rotatable bonds is 3. The lowest BCUT2D eigenvalue weighted by molar-refractivity contribution is -0.115. The number of hydrogen-bond acceptors (Lipinski definition) is 3. The number of carbonyl (C=O) groups excluding carboxylic acids is 1. The lowest BCUT2D eigenvalue weighted by Gasteiger charge is -2.30. The van der Waals surface area contributed by atoms with E-state index in [0.29, 0.717) is 5.69 Å². The largest absolute Gasteiger partial charge is 0.360 e. The van der Waals surface area contributed by atoms with Crippen molar-refractivity contribution in [1.29, 1.82) is 0 Å². The van der Waals surface area contributed by atoms with Gasteiger partial charge in [-0.3, -0.25) is 4.79 Å². The van der Waals surface area contributed by atoms with E-state index in [9.17, 15) is 9.18 Å². The third kappa shape index (κ3) is 3.36. The normalized spacial score (nSPS) is 13.6. The fourth-order valence-electron chi connectivity index (χ4n) is 2.34. The van der Waals surface area contributed by atoms with Crippen LogP contribution in [0.5, 0.6) is 0 Å². The van der Waals surface area contributed by atoms with Crippen molar-refractivity contribution in [1.82, 2.24) is 0 Å². The summed E-state index contributed by atoms with van der Waals surface area (Å²) in [6.07, 6.45) is 0. The molecule has 22 heavy (non-hydrogen) atoms. The zero-order chi connectivity index (χ0) is 15.5. The van der Waals surface area contributed by atoms with Crippen LogP contribution in [-0.2, 0) is 4.79 Å². The molecule has 3 rings (SSSR count). The second kappa shape index (κ2) is 6.58. The molecule has 0 saturated heterocycles. The number of para-hydroxylation sites is 1. The van der Waals surface area contributed by atoms with Gasteiger partial charge in [-0.2, -0.15) is 0 Å². The molecular weight excluding hydrogens is 323 g/mol. The van der Waals surface area contributed by atoms with Gasteiger partial charge in [0.05, 0.1) is 17.3 Å². The Morgan fingerprint density at radius 2 is 2.14 bits per heavy atom. The molecule has 0 aliphatic carbocycles. The van der Waals surface area contributed by atoms with E-state index in [1.807, 2.05) is 23.1 Å². The van der Waals surface area contributed by atoms with Crippen molar-refractivity contribution in [3.05, 3.63) is 53.3 Å². The number of anilines is 2. The van der Waals surface area contributed by atoms with Crippen LogP contribution in [-0.4, -0.2) is 24.7 Å². The lowest BCUT2D eigenvalue weighted by atomic mass is 10.2. The first-order valence-electron chi connectivity index (χ1n) is 6.85. The first kappa shape index (κ1) is 15.2. The zero-order valence-corrected chi connectivity index (χ0v) is 13.3. The van der Waals surface area contributed by atoms with E-state index in [1.54, 1.807) is 11.8 Å². The first-order chi connectivity index (χ1) is 10.6. The van der Waals surface area contributed by atoms with E-state index in [4.69, 9.17) is 11.6 Å². The van der Waals surface area contributed by atoms with Gasteiger partial charge in [0.15, 0.2) is 0 Å². The highest BCUT2D eigenvalue weighted by molar-refractivity contribution is 7.99. The maximum atomic E-state index is 13.1. The van der Waals surface area contributed by atoms with Crippen molar-refractivity contribution >= 4 is 40.6 Å². The molecule has 0 aromatic heterocycles. The number of hydrogen-bond donors (Lipinski definition) is 1. The minimum absolute atomic E-state index is 0.00230. The van der Waals surface area contributed by atoms with Crippen LogP contribution >= 0.6 is 23.4 Å². The van der Waals surface area contributed by atoms with Crippen molar-refractivity contribution in [2.45, 2.75) is 4.90 Å². The van der Waals surface area contributed by atoms with Crippen LogP contribution in [0.25, 0.3) is 0 Å². The van der Waals surface area contributed by atoms with Crippen LogP contribution in [0.1, 0.15) is 0 Å². The van der Waals surface area contributed by atoms with Gasteiger partial charge in [-0.1, -0.05) is 23.7 Å². The maximum Gasteiger partial charge on any atom is 0.243 e. The Bertz CT molecular complexity index is 710. The van der Waals surface area contributed by atoms with Crippen molar-refractivity contribution in [2.24, 2.45) is 0 Å². The van der Waals surface area contributed by atoms with Gasteiger partial charge in [0.25, 0.3) is 0 Å². The summed E-state index contributed by atoms with van der Waals surface area (Å²) in [5, 5.41) is 2.75. The van der Waals surface area contributed by atoms with Crippen LogP contribution in [0.4, 0.5) is 15.8 Å². The molecule has 1 amide bonds. The molecule has 6 heteroatoms. The molecule has 0 bridgehead atoms. The van der Waals surface area contributed by atoms with Gasteiger partial charge in [0, 0.05) is 22.9 Å². The van der Waals surface area contributed by atoms with Crippen molar-refractivity contribution < 1.29 is 9.18 Å². The Morgan fingerprint density at radius 1 is 1.32 bits per heavy atom. The summed E-state index contributed by atoms with van der Waals surface area (Å²) in [7, 11) is 0. The van der Waals surface area contributed by atoms with Crippen molar-refractivity contribution in [3.63, 3.8) is 0 Å². The van der Waals surface area contributed by atoms with E-state index in [0.717, 1.165) is 18.0 Å². The molecule has 0 unspecified atom stereocenters. The molecule has 0 atom stereocenters. The van der Waals surface area contributed by atoms with E-state index >= 15 is 0 Å². The number of carbonyl (C=O) groups is 1. The first-order valence-corrected chi connectivity index (χ1v) is 8.21. The molecule has 114 valence electrons. The number of nitrogens with zero attached hydrogens (tertiary/aromatic N) is 1. The summed E-state index contributed by atoms with van der Waals surface area (Å²) in [4.78, 5) is 15.4. The number of benzene rings is 2. The average Bonchev–Trinajstić information content (AvgIpc) is 2.51. The molecule has 3 nitrogen and oxygen atoms in total. The Balaban J connectivity index is 1.69. The van der Waals surface area contributed by atoms with Crippen molar-refractivity contribution in [3.8, 4) is 0 Å². The van der Waals surface area contributed by atoms with Gasteiger partial charge in [0.2, 0.25) is 5.91 Å². The molecule has 0 spiro atoms. The minimum Gasteiger partial charge on any atom is -0.360 e.